The van der Waals surface area contributed by atoms with E-state index in [1.807, 2.05) is 21.1 Å². The molecular formula is C55H107NO7. The molecule has 0 saturated carbocycles. The van der Waals surface area contributed by atoms with Gasteiger partial charge in [-0.25, -0.2) is 0 Å². The fraction of sp³-hybridized carbons (Fsp3) is 0.945. The second-order valence-corrected chi connectivity index (χ2v) is 20.2. The lowest BCUT2D eigenvalue weighted by atomic mass is 10.0. The summed E-state index contributed by atoms with van der Waals surface area (Å²) < 4.78 is 17.3. The zero-order valence-electron chi connectivity index (χ0n) is 42.8. The number of rotatable bonds is 51. The van der Waals surface area contributed by atoms with Crippen LogP contribution in [0.4, 0.5) is 0 Å². The van der Waals surface area contributed by atoms with Gasteiger partial charge in [-0.05, 0) is 12.8 Å². The molecule has 0 aliphatic carbocycles. The number of carbonyl (C=O) groups excluding carboxylic acids is 3. The number of carboxylic acids is 1. The topological polar surface area (TPSA) is 102 Å². The number of esters is 2. The second kappa shape index (κ2) is 46.8. The molecular weight excluding hydrogens is 787 g/mol. The molecule has 0 aromatic heterocycles. The van der Waals surface area contributed by atoms with E-state index in [4.69, 9.17) is 14.2 Å². The molecule has 8 nitrogen and oxygen atoms in total. The molecule has 0 aliphatic rings. The van der Waals surface area contributed by atoms with Crippen molar-refractivity contribution in [1.82, 2.24) is 0 Å². The van der Waals surface area contributed by atoms with Gasteiger partial charge in [0.05, 0.1) is 40.3 Å². The molecule has 8 heteroatoms. The molecule has 0 rings (SSSR count). The smallest absolute Gasteiger partial charge is 0.306 e. The third kappa shape index (κ3) is 45.3. The normalized spacial score (nSPS) is 12.7. The third-order valence-corrected chi connectivity index (χ3v) is 13.0. The van der Waals surface area contributed by atoms with E-state index in [9.17, 15) is 19.5 Å². The van der Waals surface area contributed by atoms with Crippen molar-refractivity contribution in [2.24, 2.45) is 0 Å². The lowest BCUT2D eigenvalue weighted by Gasteiger charge is -2.34. The summed E-state index contributed by atoms with van der Waals surface area (Å²) in [4.78, 5) is 37.1. The van der Waals surface area contributed by atoms with E-state index >= 15 is 0 Å². The number of ether oxygens (including phenoxy) is 3. The second-order valence-electron chi connectivity index (χ2n) is 20.2. The van der Waals surface area contributed by atoms with Crippen LogP contribution in [-0.4, -0.2) is 75.5 Å². The molecule has 0 amide bonds. The van der Waals surface area contributed by atoms with E-state index < -0.39 is 18.1 Å². The van der Waals surface area contributed by atoms with Gasteiger partial charge >= 0.3 is 11.9 Å². The van der Waals surface area contributed by atoms with Crippen molar-refractivity contribution in [2.75, 3.05) is 41.0 Å². The van der Waals surface area contributed by atoms with E-state index in [1.54, 1.807) is 0 Å². The molecule has 0 fully saturated rings. The predicted octanol–water partition coefficient (Wildman–Crippen LogP) is 14.7. The van der Waals surface area contributed by atoms with Crippen LogP contribution in [-0.2, 0) is 28.6 Å². The van der Waals surface area contributed by atoms with Crippen molar-refractivity contribution in [2.45, 2.75) is 296 Å². The van der Waals surface area contributed by atoms with E-state index in [1.165, 1.54) is 212 Å². The molecule has 2 unspecified atom stereocenters. The number of carboxylic acid groups (broad SMARTS) is 1. The Morgan fingerprint density at radius 3 is 0.984 bits per heavy atom. The van der Waals surface area contributed by atoms with Gasteiger partial charge in [0.15, 0.2) is 6.10 Å². The molecule has 0 spiro atoms. The van der Waals surface area contributed by atoms with Crippen LogP contribution in [0.2, 0.25) is 0 Å². The summed E-state index contributed by atoms with van der Waals surface area (Å²) in [5, 5.41) is 11.7. The number of quaternary nitrogens is 1. The molecule has 0 saturated heterocycles. The van der Waals surface area contributed by atoms with Crippen LogP contribution in [0.5, 0.6) is 0 Å². The Kier molecular flexibility index (Phi) is 45.6. The summed E-state index contributed by atoms with van der Waals surface area (Å²) in [6.45, 7) is 4.73. The molecule has 0 aromatic carbocycles. The highest BCUT2D eigenvalue weighted by molar-refractivity contribution is 5.70. The molecule has 0 aliphatic heterocycles. The Bertz CT molecular complexity index is 998. The van der Waals surface area contributed by atoms with E-state index in [-0.39, 0.29) is 42.7 Å². The standard InChI is InChI=1S/C55H107NO7/c1-6-8-10-12-14-16-18-20-22-24-25-26-27-28-29-30-32-33-35-37-39-41-43-45-53(57)62-50-51(49-61-48-47-52(55(59)60)56(3,4)5)63-54(58)46-44-42-40-38-36-34-31-23-21-19-17-15-13-11-9-7-2/h51-52H,6-50H2,1-5H3. The van der Waals surface area contributed by atoms with Crippen molar-refractivity contribution >= 4 is 17.9 Å². The predicted molar refractivity (Wildman–Crippen MR) is 264 cm³/mol. The summed E-state index contributed by atoms with van der Waals surface area (Å²) in [6, 6.07) is -0.720. The zero-order valence-corrected chi connectivity index (χ0v) is 42.8. The molecule has 0 N–H and O–H groups in total. The van der Waals surface area contributed by atoms with Gasteiger partial charge in [-0.2, -0.15) is 0 Å². The van der Waals surface area contributed by atoms with Crippen LogP contribution in [0.25, 0.3) is 0 Å². The maximum Gasteiger partial charge on any atom is 0.306 e. The van der Waals surface area contributed by atoms with Crippen molar-refractivity contribution < 1.29 is 38.2 Å². The number of aliphatic carboxylic acids is 1. The van der Waals surface area contributed by atoms with Crippen LogP contribution in [0, 0.1) is 0 Å². The first-order valence-electron chi connectivity index (χ1n) is 27.6. The zero-order chi connectivity index (χ0) is 46.3. The summed E-state index contributed by atoms with van der Waals surface area (Å²) in [6.07, 6.45) is 51.4. The average Bonchev–Trinajstić information content (AvgIpc) is 3.24. The maximum absolute atomic E-state index is 12.8. The van der Waals surface area contributed by atoms with E-state index in [0.717, 1.165) is 38.5 Å². The van der Waals surface area contributed by atoms with Crippen molar-refractivity contribution in [3.63, 3.8) is 0 Å². The van der Waals surface area contributed by atoms with Gasteiger partial charge < -0.3 is 28.6 Å². The van der Waals surface area contributed by atoms with Gasteiger partial charge in [0.1, 0.15) is 12.6 Å². The molecule has 63 heavy (non-hydrogen) atoms. The number of unbranched alkanes of at least 4 members (excludes halogenated alkanes) is 37. The molecule has 2 atom stereocenters. The Morgan fingerprint density at radius 1 is 0.413 bits per heavy atom. The summed E-state index contributed by atoms with van der Waals surface area (Å²) in [7, 11) is 5.43. The third-order valence-electron chi connectivity index (χ3n) is 13.0. The Labute approximate surface area is 391 Å². The summed E-state index contributed by atoms with van der Waals surface area (Å²) in [5.41, 5.74) is 0. The molecule has 0 aromatic rings. The minimum absolute atomic E-state index is 0.0499. The molecule has 0 heterocycles. The van der Waals surface area contributed by atoms with Crippen molar-refractivity contribution in [3.8, 4) is 0 Å². The van der Waals surface area contributed by atoms with Gasteiger partial charge in [-0.3, -0.25) is 9.59 Å². The first kappa shape index (κ1) is 61.3. The number of carbonyl (C=O) groups is 3. The monoisotopic (exact) mass is 894 g/mol. The Balaban J connectivity index is 4.11. The molecule has 0 bridgehead atoms. The first-order chi connectivity index (χ1) is 30.6. The largest absolute Gasteiger partial charge is 0.544 e. The van der Waals surface area contributed by atoms with Gasteiger partial charge in [-0.1, -0.05) is 251 Å². The van der Waals surface area contributed by atoms with Gasteiger partial charge in [-0.15, -0.1) is 0 Å². The van der Waals surface area contributed by atoms with Crippen molar-refractivity contribution in [1.29, 1.82) is 0 Å². The van der Waals surface area contributed by atoms with Crippen LogP contribution in [0.3, 0.4) is 0 Å². The Hall–Kier alpha value is -1.67. The summed E-state index contributed by atoms with van der Waals surface area (Å²) >= 11 is 0. The van der Waals surface area contributed by atoms with Gasteiger partial charge in [0, 0.05) is 19.3 Å². The molecule has 0 radical (unpaired) electrons. The highest BCUT2D eigenvalue weighted by atomic mass is 16.6. The van der Waals surface area contributed by atoms with Crippen LogP contribution >= 0.6 is 0 Å². The van der Waals surface area contributed by atoms with E-state index in [2.05, 4.69) is 13.8 Å². The minimum atomic E-state index is -1.12. The SMILES string of the molecule is CCCCCCCCCCCCCCCCCCCCCCCCCC(=O)OCC(COCCC(C(=O)[O-])[N+](C)(C)C)OC(=O)CCCCCCCCCCCCCCCCCC. The highest BCUT2D eigenvalue weighted by Gasteiger charge is 2.25. The van der Waals surface area contributed by atoms with Gasteiger partial charge in [0.25, 0.3) is 0 Å². The number of hydrogen-bond donors (Lipinski definition) is 0. The molecule has 374 valence electrons. The fourth-order valence-corrected chi connectivity index (χ4v) is 8.72. The quantitative estimate of drug-likeness (QED) is 0.0340. The lowest BCUT2D eigenvalue weighted by Crippen LogP contribution is -2.55. The highest BCUT2D eigenvalue weighted by Crippen LogP contribution is 2.18. The van der Waals surface area contributed by atoms with Crippen LogP contribution in [0.1, 0.15) is 284 Å². The number of hydrogen-bond acceptors (Lipinski definition) is 7. The fourth-order valence-electron chi connectivity index (χ4n) is 8.72. The van der Waals surface area contributed by atoms with E-state index in [0.29, 0.717) is 12.8 Å². The number of nitrogens with zero attached hydrogens (tertiary/aromatic N) is 1. The minimum Gasteiger partial charge on any atom is -0.544 e. The number of likely N-dealkylation sites (N-methyl/N-ethyl adjacent to an activating group) is 1. The Morgan fingerprint density at radius 2 is 0.698 bits per heavy atom. The first-order valence-corrected chi connectivity index (χ1v) is 27.6. The lowest BCUT2D eigenvalue weighted by molar-refractivity contribution is -0.889. The van der Waals surface area contributed by atoms with Gasteiger partial charge in [0.2, 0.25) is 0 Å². The average molecular weight is 894 g/mol. The van der Waals surface area contributed by atoms with Crippen molar-refractivity contribution in [3.05, 3.63) is 0 Å². The van der Waals surface area contributed by atoms with Crippen LogP contribution in [0.15, 0.2) is 0 Å². The van der Waals surface area contributed by atoms with Crippen LogP contribution < -0.4 is 5.11 Å². The summed E-state index contributed by atoms with van der Waals surface area (Å²) in [5.74, 6) is -1.70. The maximum atomic E-state index is 12.8.